The van der Waals surface area contributed by atoms with Crippen LogP contribution in [0, 0.1) is 5.82 Å². The standard InChI is InChI=1S/C9H8F3NO3/c1-2-16-9(15)6-7(14)4(10)3-5(13-6)8(11)12/h3,8,14H,2H2,1H3. The average molecular weight is 235 g/mol. The second-order valence-electron chi connectivity index (χ2n) is 2.75. The van der Waals surface area contributed by atoms with Crippen molar-refractivity contribution in [3.8, 4) is 5.75 Å². The molecule has 0 fully saturated rings. The molecule has 7 heteroatoms. The van der Waals surface area contributed by atoms with Gasteiger partial charge >= 0.3 is 5.97 Å². The molecule has 1 N–H and O–H groups in total. The van der Waals surface area contributed by atoms with Crippen molar-refractivity contribution in [3.05, 3.63) is 23.3 Å². The van der Waals surface area contributed by atoms with E-state index in [-0.39, 0.29) is 6.61 Å². The van der Waals surface area contributed by atoms with Crippen LogP contribution < -0.4 is 0 Å². The minimum Gasteiger partial charge on any atom is -0.503 e. The number of esters is 1. The van der Waals surface area contributed by atoms with Crippen molar-refractivity contribution >= 4 is 5.97 Å². The Labute approximate surface area is 88.7 Å². The summed E-state index contributed by atoms with van der Waals surface area (Å²) >= 11 is 0. The highest BCUT2D eigenvalue weighted by molar-refractivity contribution is 5.90. The van der Waals surface area contributed by atoms with E-state index in [4.69, 9.17) is 5.11 Å². The number of carbonyl (C=O) groups is 1. The van der Waals surface area contributed by atoms with Gasteiger partial charge < -0.3 is 9.84 Å². The number of nitrogens with zero attached hydrogens (tertiary/aromatic N) is 1. The lowest BCUT2D eigenvalue weighted by molar-refractivity contribution is 0.0513. The third-order valence-corrected chi connectivity index (χ3v) is 1.66. The molecule has 0 saturated carbocycles. The molecule has 0 bridgehead atoms. The Hall–Kier alpha value is -1.79. The molecular weight excluding hydrogens is 227 g/mol. The molecule has 1 aromatic rings. The summed E-state index contributed by atoms with van der Waals surface area (Å²) in [6.45, 7) is 1.43. The van der Waals surface area contributed by atoms with Crippen molar-refractivity contribution in [1.29, 1.82) is 0 Å². The molecule has 0 radical (unpaired) electrons. The molecule has 1 aromatic heterocycles. The van der Waals surface area contributed by atoms with Gasteiger partial charge in [0.1, 0.15) is 5.69 Å². The van der Waals surface area contributed by atoms with Gasteiger partial charge in [-0.15, -0.1) is 0 Å². The molecule has 1 heterocycles. The molecule has 0 amide bonds. The van der Waals surface area contributed by atoms with Crippen molar-refractivity contribution < 1.29 is 27.8 Å². The van der Waals surface area contributed by atoms with Gasteiger partial charge in [0.2, 0.25) is 0 Å². The van der Waals surface area contributed by atoms with Crippen molar-refractivity contribution in [2.45, 2.75) is 13.3 Å². The number of alkyl halides is 2. The number of carbonyl (C=O) groups excluding carboxylic acids is 1. The summed E-state index contributed by atoms with van der Waals surface area (Å²) in [6, 6.07) is 0.364. The van der Waals surface area contributed by atoms with Crippen molar-refractivity contribution in [3.63, 3.8) is 0 Å². The topological polar surface area (TPSA) is 59.4 Å². The number of aromatic nitrogens is 1. The largest absolute Gasteiger partial charge is 0.503 e. The van der Waals surface area contributed by atoms with Crippen LogP contribution in [0.3, 0.4) is 0 Å². The highest BCUT2D eigenvalue weighted by Gasteiger charge is 2.22. The smallest absolute Gasteiger partial charge is 0.360 e. The van der Waals surface area contributed by atoms with Crippen LogP contribution in [0.25, 0.3) is 0 Å². The maximum Gasteiger partial charge on any atom is 0.360 e. The summed E-state index contributed by atoms with van der Waals surface area (Å²) in [5.41, 5.74) is -1.78. The monoisotopic (exact) mass is 235 g/mol. The third-order valence-electron chi connectivity index (χ3n) is 1.66. The molecule has 0 spiro atoms. The summed E-state index contributed by atoms with van der Waals surface area (Å²) < 4.78 is 41.9. The maximum absolute atomic E-state index is 13.0. The SMILES string of the molecule is CCOC(=O)c1nc(C(F)F)cc(F)c1O. The van der Waals surface area contributed by atoms with E-state index in [9.17, 15) is 18.0 Å². The summed E-state index contributed by atoms with van der Waals surface area (Å²) in [4.78, 5) is 14.3. The fourth-order valence-electron chi connectivity index (χ4n) is 0.979. The van der Waals surface area contributed by atoms with Gasteiger partial charge in [-0.3, -0.25) is 0 Å². The number of pyridine rings is 1. The van der Waals surface area contributed by atoms with Crippen LogP contribution in [0.2, 0.25) is 0 Å². The molecule has 4 nitrogen and oxygen atoms in total. The highest BCUT2D eigenvalue weighted by atomic mass is 19.3. The molecule has 0 aliphatic rings. The quantitative estimate of drug-likeness (QED) is 0.814. The summed E-state index contributed by atoms with van der Waals surface area (Å²) in [5.74, 6) is -3.59. The van der Waals surface area contributed by atoms with Crippen LogP contribution in [0.1, 0.15) is 29.5 Å². The Morgan fingerprint density at radius 2 is 2.25 bits per heavy atom. The Bertz CT molecular complexity index is 409. The first kappa shape index (κ1) is 12.3. The van der Waals surface area contributed by atoms with Crippen molar-refractivity contribution in [2.24, 2.45) is 0 Å². The highest BCUT2D eigenvalue weighted by Crippen LogP contribution is 2.25. The van der Waals surface area contributed by atoms with Crippen LogP contribution >= 0.6 is 0 Å². The van der Waals surface area contributed by atoms with E-state index in [2.05, 4.69) is 9.72 Å². The van der Waals surface area contributed by atoms with Crippen LogP contribution in [-0.2, 0) is 4.74 Å². The molecule has 0 aliphatic heterocycles. The second kappa shape index (κ2) is 4.82. The van der Waals surface area contributed by atoms with Gasteiger partial charge in [0.15, 0.2) is 17.3 Å². The lowest BCUT2D eigenvalue weighted by atomic mass is 10.2. The van der Waals surface area contributed by atoms with Crippen molar-refractivity contribution in [2.75, 3.05) is 6.61 Å². The fraction of sp³-hybridized carbons (Fsp3) is 0.333. The Morgan fingerprint density at radius 1 is 1.62 bits per heavy atom. The van der Waals surface area contributed by atoms with Gasteiger partial charge in [0.05, 0.1) is 6.61 Å². The first-order valence-electron chi connectivity index (χ1n) is 4.32. The summed E-state index contributed by atoms with van der Waals surface area (Å²) in [7, 11) is 0. The number of hydrogen-bond acceptors (Lipinski definition) is 4. The minimum atomic E-state index is -3.04. The van der Waals surface area contributed by atoms with Gasteiger partial charge in [-0.05, 0) is 6.92 Å². The van der Waals surface area contributed by atoms with E-state index < -0.39 is 35.3 Å². The zero-order valence-corrected chi connectivity index (χ0v) is 8.21. The van der Waals surface area contributed by atoms with E-state index in [1.807, 2.05) is 0 Å². The van der Waals surface area contributed by atoms with Crippen molar-refractivity contribution in [1.82, 2.24) is 4.98 Å². The first-order chi connectivity index (χ1) is 7.47. The molecule has 0 aromatic carbocycles. The number of halogens is 3. The molecule has 0 unspecified atom stereocenters. The Balaban J connectivity index is 3.21. The van der Waals surface area contributed by atoms with Crippen LogP contribution in [0.5, 0.6) is 5.75 Å². The minimum absolute atomic E-state index is 0.0412. The van der Waals surface area contributed by atoms with Gasteiger partial charge in [-0.2, -0.15) is 0 Å². The van der Waals surface area contributed by atoms with E-state index in [1.165, 1.54) is 6.92 Å². The molecule has 1 rings (SSSR count). The number of hydrogen-bond donors (Lipinski definition) is 1. The number of rotatable bonds is 3. The normalized spacial score (nSPS) is 10.6. The van der Waals surface area contributed by atoms with Crippen LogP contribution in [0.4, 0.5) is 13.2 Å². The third kappa shape index (κ3) is 2.41. The average Bonchev–Trinajstić information content (AvgIpc) is 2.21. The van der Waals surface area contributed by atoms with Gasteiger partial charge in [-0.1, -0.05) is 0 Å². The lowest BCUT2D eigenvalue weighted by Gasteiger charge is -2.06. The molecule has 0 aliphatic carbocycles. The molecule has 0 saturated heterocycles. The fourth-order valence-corrected chi connectivity index (χ4v) is 0.979. The summed E-state index contributed by atoms with van der Waals surface area (Å²) in [6.07, 6.45) is -3.04. The van der Waals surface area contributed by atoms with E-state index in [1.54, 1.807) is 0 Å². The lowest BCUT2D eigenvalue weighted by Crippen LogP contribution is -2.10. The zero-order chi connectivity index (χ0) is 12.3. The molecule has 16 heavy (non-hydrogen) atoms. The zero-order valence-electron chi connectivity index (χ0n) is 8.21. The maximum atomic E-state index is 13.0. The molecular formula is C9H8F3NO3. The second-order valence-corrected chi connectivity index (χ2v) is 2.75. The number of ether oxygens (including phenoxy) is 1. The predicted octanol–water partition coefficient (Wildman–Crippen LogP) is 2.04. The number of aromatic hydroxyl groups is 1. The van der Waals surface area contributed by atoms with Gasteiger partial charge in [0.25, 0.3) is 6.43 Å². The Kier molecular flexibility index (Phi) is 3.70. The molecule has 0 atom stereocenters. The first-order valence-corrected chi connectivity index (χ1v) is 4.32. The van der Waals surface area contributed by atoms with E-state index in [0.717, 1.165) is 0 Å². The van der Waals surface area contributed by atoms with Crippen LogP contribution in [0.15, 0.2) is 6.07 Å². The summed E-state index contributed by atoms with van der Waals surface area (Å²) in [5, 5.41) is 9.12. The predicted molar refractivity (Wildman–Crippen MR) is 46.8 cm³/mol. The van der Waals surface area contributed by atoms with Crippen LogP contribution in [-0.4, -0.2) is 22.7 Å². The van der Waals surface area contributed by atoms with E-state index >= 15 is 0 Å². The van der Waals surface area contributed by atoms with Gasteiger partial charge in [0, 0.05) is 6.07 Å². The van der Waals surface area contributed by atoms with Gasteiger partial charge in [-0.25, -0.2) is 22.9 Å². The van der Waals surface area contributed by atoms with E-state index in [0.29, 0.717) is 6.07 Å². The molecule has 88 valence electrons. The Morgan fingerprint density at radius 3 is 2.75 bits per heavy atom.